The Morgan fingerprint density at radius 1 is 1.21 bits per heavy atom. The van der Waals surface area contributed by atoms with Gasteiger partial charge in [0.25, 0.3) is 0 Å². The maximum atomic E-state index is 3.60. The molecule has 1 unspecified atom stereocenters. The second-order valence-corrected chi connectivity index (χ2v) is 6.65. The first kappa shape index (κ1) is 14.7. The van der Waals surface area contributed by atoms with Gasteiger partial charge in [0.1, 0.15) is 0 Å². The maximum absolute atomic E-state index is 3.60. The highest BCUT2D eigenvalue weighted by Crippen LogP contribution is 2.17. The van der Waals surface area contributed by atoms with Crippen LogP contribution in [0.2, 0.25) is 0 Å². The molecule has 1 atom stereocenters. The molecule has 0 aliphatic rings. The molecule has 0 saturated heterocycles. The van der Waals surface area contributed by atoms with Crippen molar-refractivity contribution in [3.05, 3.63) is 44.8 Å². The summed E-state index contributed by atoms with van der Waals surface area (Å²) in [7, 11) is 0. The van der Waals surface area contributed by atoms with E-state index in [0.29, 0.717) is 6.04 Å². The van der Waals surface area contributed by atoms with E-state index in [4.69, 9.17) is 0 Å². The average Bonchev–Trinajstić information content (AvgIpc) is 3.10. The summed E-state index contributed by atoms with van der Waals surface area (Å²) in [4.78, 5) is 5.36. The van der Waals surface area contributed by atoms with Crippen molar-refractivity contribution in [2.75, 3.05) is 19.6 Å². The fraction of sp³-hybridized carbons (Fsp3) is 0.467. The minimum Gasteiger partial charge on any atom is -0.308 e. The monoisotopic (exact) mass is 294 g/mol. The molecule has 2 rings (SSSR count). The number of likely N-dealkylation sites (N-methyl/N-ethyl adjacent to an activating group) is 1. The quantitative estimate of drug-likeness (QED) is 0.792. The van der Waals surface area contributed by atoms with E-state index in [1.165, 1.54) is 9.75 Å². The molecule has 0 aliphatic heterocycles. The van der Waals surface area contributed by atoms with E-state index >= 15 is 0 Å². The first-order valence-electron chi connectivity index (χ1n) is 6.81. The van der Waals surface area contributed by atoms with Crippen molar-refractivity contribution in [1.29, 1.82) is 0 Å². The largest absolute Gasteiger partial charge is 0.308 e. The Morgan fingerprint density at radius 2 is 2.00 bits per heavy atom. The van der Waals surface area contributed by atoms with Gasteiger partial charge in [0.2, 0.25) is 0 Å². The van der Waals surface area contributed by atoms with Gasteiger partial charge in [-0.1, -0.05) is 19.1 Å². The summed E-state index contributed by atoms with van der Waals surface area (Å²) in [5, 5.41) is 7.90. The molecule has 0 spiro atoms. The van der Waals surface area contributed by atoms with Crippen LogP contribution in [-0.4, -0.2) is 24.5 Å². The highest BCUT2D eigenvalue weighted by Gasteiger charge is 2.07. The van der Waals surface area contributed by atoms with Crippen LogP contribution in [0.3, 0.4) is 0 Å². The zero-order chi connectivity index (χ0) is 13.5. The molecular formula is C15H22N2S2. The maximum Gasteiger partial charge on any atom is 0.0386 e. The highest BCUT2D eigenvalue weighted by molar-refractivity contribution is 7.10. The van der Waals surface area contributed by atoms with Crippen molar-refractivity contribution < 1.29 is 0 Å². The summed E-state index contributed by atoms with van der Waals surface area (Å²) in [6.07, 6.45) is 0. The third-order valence-electron chi connectivity index (χ3n) is 3.26. The molecule has 0 saturated carbocycles. The molecule has 0 radical (unpaired) electrons. The standard InChI is InChI=1S/C15H22N2S2/c1-3-17(12-14-6-4-10-18-14)9-8-16-13(2)15-7-5-11-19-15/h4-7,10-11,13,16H,3,8-9,12H2,1-2H3. The van der Waals surface area contributed by atoms with Crippen LogP contribution in [0.1, 0.15) is 29.6 Å². The van der Waals surface area contributed by atoms with E-state index in [0.717, 1.165) is 26.2 Å². The predicted octanol–water partition coefficient (Wildman–Crippen LogP) is 3.98. The second kappa shape index (κ2) is 7.80. The number of nitrogens with zero attached hydrogens (tertiary/aromatic N) is 1. The van der Waals surface area contributed by atoms with E-state index in [1.54, 1.807) is 0 Å². The van der Waals surface area contributed by atoms with Crippen molar-refractivity contribution in [2.45, 2.75) is 26.4 Å². The lowest BCUT2D eigenvalue weighted by Crippen LogP contribution is -2.32. The van der Waals surface area contributed by atoms with Crippen molar-refractivity contribution in [3.63, 3.8) is 0 Å². The number of nitrogens with one attached hydrogen (secondary N) is 1. The minimum atomic E-state index is 0.459. The van der Waals surface area contributed by atoms with E-state index in [-0.39, 0.29) is 0 Å². The molecule has 2 aromatic heterocycles. The van der Waals surface area contributed by atoms with Crippen molar-refractivity contribution in [1.82, 2.24) is 10.2 Å². The summed E-state index contributed by atoms with van der Waals surface area (Å²) in [5.74, 6) is 0. The normalized spacial score (nSPS) is 13.0. The lowest BCUT2D eigenvalue weighted by Gasteiger charge is -2.21. The van der Waals surface area contributed by atoms with Crippen molar-refractivity contribution >= 4 is 22.7 Å². The molecule has 2 aromatic rings. The number of rotatable bonds is 8. The van der Waals surface area contributed by atoms with Gasteiger partial charge in [0, 0.05) is 35.4 Å². The summed E-state index contributed by atoms with van der Waals surface area (Å²) >= 11 is 3.67. The molecule has 2 heterocycles. The molecular weight excluding hydrogens is 272 g/mol. The summed E-state index contributed by atoms with van der Waals surface area (Å²) in [6, 6.07) is 9.12. The summed E-state index contributed by atoms with van der Waals surface area (Å²) in [5.41, 5.74) is 0. The van der Waals surface area contributed by atoms with E-state index < -0.39 is 0 Å². The lowest BCUT2D eigenvalue weighted by atomic mass is 10.3. The number of thiophene rings is 2. The zero-order valence-electron chi connectivity index (χ0n) is 11.6. The third-order valence-corrected chi connectivity index (χ3v) is 5.17. The molecule has 2 nitrogen and oxygen atoms in total. The molecule has 1 N–H and O–H groups in total. The molecule has 0 aromatic carbocycles. The smallest absolute Gasteiger partial charge is 0.0386 e. The van der Waals surface area contributed by atoms with E-state index in [2.05, 4.69) is 59.1 Å². The molecule has 19 heavy (non-hydrogen) atoms. The predicted molar refractivity (Wildman–Crippen MR) is 86.0 cm³/mol. The molecule has 104 valence electrons. The first-order valence-corrected chi connectivity index (χ1v) is 8.57. The number of hydrogen-bond acceptors (Lipinski definition) is 4. The van der Waals surface area contributed by atoms with Crippen LogP contribution in [0.25, 0.3) is 0 Å². The Morgan fingerprint density at radius 3 is 2.63 bits per heavy atom. The third kappa shape index (κ3) is 4.73. The van der Waals surface area contributed by atoms with Gasteiger partial charge in [-0.05, 0) is 36.4 Å². The highest BCUT2D eigenvalue weighted by atomic mass is 32.1. The van der Waals surface area contributed by atoms with Gasteiger partial charge in [-0.25, -0.2) is 0 Å². The van der Waals surface area contributed by atoms with Gasteiger partial charge in [-0.3, -0.25) is 4.90 Å². The van der Waals surface area contributed by atoms with Gasteiger partial charge < -0.3 is 5.32 Å². The summed E-state index contributed by atoms with van der Waals surface area (Å²) < 4.78 is 0. The average molecular weight is 294 g/mol. The Balaban J connectivity index is 1.71. The van der Waals surface area contributed by atoms with Crippen LogP contribution >= 0.6 is 22.7 Å². The molecule has 0 fully saturated rings. The van der Waals surface area contributed by atoms with E-state index in [1.807, 2.05) is 22.7 Å². The SMILES string of the molecule is CCN(CCNC(C)c1cccs1)Cc1cccs1. The fourth-order valence-corrected chi connectivity index (χ4v) is 3.55. The van der Waals surface area contributed by atoms with Crippen LogP contribution in [0.5, 0.6) is 0 Å². The van der Waals surface area contributed by atoms with Crippen LogP contribution in [-0.2, 0) is 6.54 Å². The van der Waals surface area contributed by atoms with Gasteiger partial charge >= 0.3 is 0 Å². The Bertz CT molecular complexity index is 437. The Kier molecular flexibility index (Phi) is 6.04. The van der Waals surface area contributed by atoms with Crippen molar-refractivity contribution in [3.8, 4) is 0 Å². The van der Waals surface area contributed by atoms with Gasteiger partial charge in [0.15, 0.2) is 0 Å². The lowest BCUT2D eigenvalue weighted by molar-refractivity contribution is 0.278. The van der Waals surface area contributed by atoms with Crippen LogP contribution in [0.15, 0.2) is 35.0 Å². The number of hydrogen-bond donors (Lipinski definition) is 1. The van der Waals surface area contributed by atoms with Gasteiger partial charge in [-0.15, -0.1) is 22.7 Å². The molecule has 4 heteroatoms. The van der Waals surface area contributed by atoms with Crippen LogP contribution in [0, 0.1) is 0 Å². The Hall–Kier alpha value is -0.680. The first-order chi connectivity index (χ1) is 9.29. The van der Waals surface area contributed by atoms with Crippen molar-refractivity contribution in [2.24, 2.45) is 0 Å². The van der Waals surface area contributed by atoms with Gasteiger partial charge in [-0.2, -0.15) is 0 Å². The fourth-order valence-electron chi connectivity index (χ4n) is 2.05. The van der Waals surface area contributed by atoms with Gasteiger partial charge in [0.05, 0.1) is 0 Å². The summed E-state index contributed by atoms with van der Waals surface area (Å²) in [6.45, 7) is 8.79. The minimum absolute atomic E-state index is 0.459. The molecule has 0 bridgehead atoms. The molecule has 0 amide bonds. The zero-order valence-corrected chi connectivity index (χ0v) is 13.3. The van der Waals surface area contributed by atoms with E-state index in [9.17, 15) is 0 Å². The second-order valence-electron chi connectivity index (χ2n) is 4.64. The van der Waals surface area contributed by atoms with Crippen LogP contribution < -0.4 is 5.32 Å². The topological polar surface area (TPSA) is 15.3 Å². The Labute approximate surface area is 124 Å². The van der Waals surface area contributed by atoms with Crippen LogP contribution in [0.4, 0.5) is 0 Å². The molecule has 0 aliphatic carbocycles.